The number of benzene rings is 1. The van der Waals surface area contributed by atoms with E-state index in [1.54, 1.807) is 7.11 Å². The number of aliphatic hydroxyl groups excluding tert-OH is 1. The SMILES string of the molecule is COc1ccc(OCCCC(=O)N2CCN(CCO)CC2)cc1.Cl. The lowest BCUT2D eigenvalue weighted by atomic mass is 10.2. The van der Waals surface area contributed by atoms with Gasteiger partial charge in [-0.1, -0.05) is 0 Å². The first-order valence-corrected chi connectivity index (χ1v) is 8.11. The van der Waals surface area contributed by atoms with E-state index in [-0.39, 0.29) is 24.9 Å². The monoisotopic (exact) mass is 358 g/mol. The topological polar surface area (TPSA) is 62.2 Å². The number of piperazine rings is 1. The molecule has 1 fully saturated rings. The summed E-state index contributed by atoms with van der Waals surface area (Å²) in [5, 5.41) is 8.92. The number of carbonyl (C=O) groups is 1. The minimum Gasteiger partial charge on any atom is -0.497 e. The number of aliphatic hydroxyl groups is 1. The van der Waals surface area contributed by atoms with Crippen LogP contribution >= 0.6 is 12.4 Å². The Morgan fingerprint density at radius 1 is 1.12 bits per heavy atom. The summed E-state index contributed by atoms with van der Waals surface area (Å²) >= 11 is 0. The number of nitrogens with zero attached hydrogens (tertiary/aromatic N) is 2. The standard InChI is InChI=1S/C17H26N2O4.ClH/c1-22-15-4-6-16(7-5-15)23-14-2-3-17(21)19-10-8-18(9-11-19)12-13-20;/h4-7,20H,2-3,8-14H2,1H3;1H. The molecule has 0 aromatic heterocycles. The molecular weight excluding hydrogens is 332 g/mol. The average molecular weight is 359 g/mol. The smallest absolute Gasteiger partial charge is 0.222 e. The lowest BCUT2D eigenvalue weighted by molar-refractivity contribution is -0.133. The second-order valence-corrected chi connectivity index (χ2v) is 5.57. The highest BCUT2D eigenvalue weighted by Gasteiger charge is 2.20. The zero-order chi connectivity index (χ0) is 16.5. The zero-order valence-electron chi connectivity index (χ0n) is 14.1. The highest BCUT2D eigenvalue weighted by molar-refractivity contribution is 5.85. The third kappa shape index (κ3) is 6.55. The van der Waals surface area contributed by atoms with E-state index in [2.05, 4.69) is 4.90 Å². The Balaban J connectivity index is 0.00000288. The molecule has 0 aliphatic carbocycles. The Morgan fingerprint density at radius 3 is 2.33 bits per heavy atom. The molecule has 1 N–H and O–H groups in total. The summed E-state index contributed by atoms with van der Waals surface area (Å²) in [4.78, 5) is 16.2. The second kappa shape index (κ2) is 11.1. The molecule has 1 amide bonds. The van der Waals surface area contributed by atoms with E-state index < -0.39 is 0 Å². The van der Waals surface area contributed by atoms with E-state index in [4.69, 9.17) is 14.6 Å². The normalized spacial score (nSPS) is 14.8. The van der Waals surface area contributed by atoms with Crippen LogP contribution in [0.2, 0.25) is 0 Å². The van der Waals surface area contributed by atoms with Crippen molar-refractivity contribution in [1.82, 2.24) is 9.80 Å². The Hall–Kier alpha value is -1.50. The molecule has 1 aromatic rings. The lowest BCUT2D eigenvalue weighted by Gasteiger charge is -2.34. The van der Waals surface area contributed by atoms with Crippen molar-refractivity contribution in [3.8, 4) is 11.5 Å². The molecule has 1 heterocycles. The number of halogens is 1. The first-order valence-electron chi connectivity index (χ1n) is 8.11. The molecule has 1 aliphatic heterocycles. The van der Waals surface area contributed by atoms with Gasteiger partial charge < -0.3 is 19.5 Å². The number of hydrogen-bond donors (Lipinski definition) is 1. The molecule has 7 heteroatoms. The van der Waals surface area contributed by atoms with Crippen LogP contribution in [0.15, 0.2) is 24.3 Å². The summed E-state index contributed by atoms with van der Waals surface area (Å²) in [6.07, 6.45) is 1.22. The van der Waals surface area contributed by atoms with Gasteiger partial charge in [-0.25, -0.2) is 0 Å². The highest BCUT2D eigenvalue weighted by Crippen LogP contribution is 2.17. The molecule has 0 bridgehead atoms. The van der Waals surface area contributed by atoms with Crippen LogP contribution in [-0.4, -0.2) is 73.9 Å². The fourth-order valence-corrected chi connectivity index (χ4v) is 2.61. The van der Waals surface area contributed by atoms with E-state index in [0.29, 0.717) is 26.0 Å². The van der Waals surface area contributed by atoms with E-state index in [1.807, 2.05) is 29.2 Å². The number of carbonyl (C=O) groups excluding carboxylic acids is 1. The lowest BCUT2D eigenvalue weighted by Crippen LogP contribution is -2.49. The van der Waals surface area contributed by atoms with Crippen LogP contribution < -0.4 is 9.47 Å². The van der Waals surface area contributed by atoms with Gasteiger partial charge in [0.25, 0.3) is 0 Å². The van der Waals surface area contributed by atoms with Gasteiger partial charge in [-0.3, -0.25) is 9.69 Å². The number of β-amino-alcohol motifs (C(OH)–C–C–N with tert-alkyl or cyclic N) is 1. The molecule has 1 aliphatic rings. The molecule has 24 heavy (non-hydrogen) atoms. The molecule has 1 saturated heterocycles. The Bertz CT molecular complexity index is 476. The minimum atomic E-state index is 0. The predicted octanol–water partition coefficient (Wildman–Crippen LogP) is 1.41. The molecule has 2 rings (SSSR count). The van der Waals surface area contributed by atoms with Gasteiger partial charge >= 0.3 is 0 Å². The zero-order valence-corrected chi connectivity index (χ0v) is 15.0. The van der Waals surface area contributed by atoms with Crippen molar-refractivity contribution in [2.45, 2.75) is 12.8 Å². The van der Waals surface area contributed by atoms with E-state index in [9.17, 15) is 4.79 Å². The van der Waals surface area contributed by atoms with Crippen molar-refractivity contribution in [1.29, 1.82) is 0 Å². The molecule has 0 spiro atoms. The minimum absolute atomic E-state index is 0. The van der Waals surface area contributed by atoms with Gasteiger partial charge in [0.1, 0.15) is 11.5 Å². The van der Waals surface area contributed by atoms with Crippen LogP contribution in [0.3, 0.4) is 0 Å². The molecule has 0 unspecified atom stereocenters. The molecular formula is C17H27ClN2O4. The Kier molecular flexibility index (Phi) is 9.52. The van der Waals surface area contributed by atoms with Gasteiger partial charge in [-0.05, 0) is 30.7 Å². The van der Waals surface area contributed by atoms with Crippen LogP contribution in [0, 0.1) is 0 Å². The van der Waals surface area contributed by atoms with E-state index >= 15 is 0 Å². The van der Waals surface area contributed by atoms with Crippen molar-refractivity contribution in [2.24, 2.45) is 0 Å². The average Bonchev–Trinajstić information content (AvgIpc) is 2.60. The van der Waals surface area contributed by atoms with Gasteiger partial charge in [0, 0.05) is 39.1 Å². The van der Waals surface area contributed by atoms with Crippen molar-refractivity contribution in [3.63, 3.8) is 0 Å². The summed E-state index contributed by atoms with van der Waals surface area (Å²) < 4.78 is 10.7. The van der Waals surface area contributed by atoms with Gasteiger partial charge in [0.2, 0.25) is 5.91 Å². The summed E-state index contributed by atoms with van der Waals surface area (Å²) in [5.74, 6) is 1.77. The van der Waals surface area contributed by atoms with Gasteiger partial charge in [-0.2, -0.15) is 0 Å². The number of rotatable bonds is 8. The maximum absolute atomic E-state index is 12.1. The Labute approximate surface area is 149 Å². The number of methoxy groups -OCH3 is 1. The fourth-order valence-electron chi connectivity index (χ4n) is 2.61. The van der Waals surface area contributed by atoms with Crippen LogP contribution in [-0.2, 0) is 4.79 Å². The molecule has 0 saturated carbocycles. The number of ether oxygens (including phenoxy) is 2. The van der Waals surface area contributed by atoms with Crippen molar-refractivity contribution < 1.29 is 19.4 Å². The van der Waals surface area contributed by atoms with Crippen LogP contribution in [0.5, 0.6) is 11.5 Å². The molecule has 6 nitrogen and oxygen atoms in total. The van der Waals surface area contributed by atoms with E-state index in [1.165, 1.54) is 0 Å². The van der Waals surface area contributed by atoms with Crippen LogP contribution in [0.25, 0.3) is 0 Å². The first kappa shape index (κ1) is 20.5. The number of hydrogen-bond acceptors (Lipinski definition) is 5. The fraction of sp³-hybridized carbons (Fsp3) is 0.588. The summed E-state index contributed by atoms with van der Waals surface area (Å²) in [6, 6.07) is 7.43. The quantitative estimate of drug-likeness (QED) is 0.712. The van der Waals surface area contributed by atoms with Crippen molar-refractivity contribution in [3.05, 3.63) is 24.3 Å². The van der Waals surface area contributed by atoms with Gasteiger partial charge in [-0.15, -0.1) is 12.4 Å². The molecule has 136 valence electrons. The molecule has 1 aromatic carbocycles. The van der Waals surface area contributed by atoms with Crippen molar-refractivity contribution in [2.75, 3.05) is 53.0 Å². The maximum atomic E-state index is 12.1. The largest absolute Gasteiger partial charge is 0.497 e. The van der Waals surface area contributed by atoms with Gasteiger partial charge in [0.15, 0.2) is 0 Å². The van der Waals surface area contributed by atoms with Crippen LogP contribution in [0.1, 0.15) is 12.8 Å². The summed E-state index contributed by atoms with van der Waals surface area (Å²) in [5.41, 5.74) is 0. The van der Waals surface area contributed by atoms with Crippen LogP contribution in [0.4, 0.5) is 0 Å². The second-order valence-electron chi connectivity index (χ2n) is 5.57. The predicted molar refractivity (Wildman–Crippen MR) is 95.1 cm³/mol. The highest BCUT2D eigenvalue weighted by atomic mass is 35.5. The Morgan fingerprint density at radius 2 is 1.75 bits per heavy atom. The number of amides is 1. The maximum Gasteiger partial charge on any atom is 0.222 e. The summed E-state index contributed by atoms with van der Waals surface area (Å²) in [7, 11) is 1.63. The van der Waals surface area contributed by atoms with Crippen molar-refractivity contribution >= 4 is 18.3 Å². The molecule has 0 atom stereocenters. The summed E-state index contributed by atoms with van der Waals surface area (Å²) in [6.45, 7) is 4.58. The third-order valence-corrected chi connectivity index (χ3v) is 4.00. The van der Waals surface area contributed by atoms with E-state index in [0.717, 1.165) is 37.7 Å². The van der Waals surface area contributed by atoms with Gasteiger partial charge in [0.05, 0.1) is 20.3 Å². The molecule has 0 radical (unpaired) electrons. The first-order chi connectivity index (χ1) is 11.2. The third-order valence-electron chi connectivity index (χ3n) is 4.00.